The fourth-order valence-electron chi connectivity index (χ4n) is 6.06. The molecule has 2 fully saturated rings. The Labute approximate surface area is 231 Å². The largest absolute Gasteiger partial charge is 0.370 e. The number of alkyl halides is 1. The molecule has 8 nitrogen and oxygen atoms in total. The molecule has 37 heavy (non-hydrogen) atoms. The van der Waals surface area contributed by atoms with Crippen LogP contribution in [0.25, 0.3) is 10.9 Å². The van der Waals surface area contributed by atoms with Crippen LogP contribution in [0.15, 0.2) is 47.4 Å². The number of halogens is 1. The van der Waals surface area contributed by atoms with Gasteiger partial charge in [-0.15, -0.1) is 0 Å². The van der Waals surface area contributed by atoms with Gasteiger partial charge in [-0.25, -0.2) is 9.97 Å². The van der Waals surface area contributed by atoms with Crippen LogP contribution in [-0.2, 0) is 5.41 Å². The molecule has 0 saturated carbocycles. The summed E-state index contributed by atoms with van der Waals surface area (Å²) in [5, 5.41) is 3.28. The van der Waals surface area contributed by atoms with Crippen LogP contribution in [0.4, 0.5) is 5.69 Å². The van der Waals surface area contributed by atoms with Gasteiger partial charge in [-0.05, 0) is 73.8 Å². The smallest absolute Gasteiger partial charge is 0.269 e. The number of aromatic nitrogens is 3. The molecule has 2 saturated heterocycles. The number of hydrogen-bond donors (Lipinski definition) is 2. The Morgan fingerprint density at radius 3 is 2.73 bits per heavy atom. The van der Waals surface area contributed by atoms with Gasteiger partial charge in [0.2, 0.25) is 0 Å². The van der Waals surface area contributed by atoms with E-state index in [9.17, 15) is 9.59 Å². The van der Waals surface area contributed by atoms with Crippen molar-refractivity contribution in [3.05, 3.63) is 64.5 Å². The van der Waals surface area contributed by atoms with Crippen LogP contribution in [0.5, 0.6) is 0 Å². The Hall–Kier alpha value is -2.53. The fraction of sp³-hybridized carbons (Fsp3) is 0.500. The predicted octanol–water partition coefficient (Wildman–Crippen LogP) is 3.90. The molecule has 2 N–H and O–H groups in total. The zero-order chi connectivity index (χ0) is 25.8. The molecule has 196 valence electrons. The third-order valence-corrected chi connectivity index (χ3v) is 8.83. The number of para-hydroxylation sites is 1. The zero-order valence-electron chi connectivity index (χ0n) is 21.4. The van der Waals surface area contributed by atoms with Crippen molar-refractivity contribution in [2.75, 3.05) is 42.6 Å². The number of anilines is 1. The van der Waals surface area contributed by atoms with Gasteiger partial charge in [-0.2, -0.15) is 0 Å². The average Bonchev–Trinajstić information content (AvgIpc) is 2.96. The first-order valence-electron chi connectivity index (χ1n) is 13.3. The van der Waals surface area contributed by atoms with Gasteiger partial charge in [-0.1, -0.05) is 34.7 Å². The van der Waals surface area contributed by atoms with Crippen LogP contribution >= 0.6 is 22.6 Å². The lowest BCUT2D eigenvalue weighted by molar-refractivity contribution is 0.0789. The Bertz CT molecular complexity index is 1290. The first-order chi connectivity index (χ1) is 18.0. The minimum Gasteiger partial charge on any atom is -0.370 e. The molecule has 4 heterocycles. The standard InChI is InChI=1S/C28H35IN6O2/c1-30-26(37)24-9-8-21(18-31-24)34-16-10-20(11-17-34)35-15-5-13-28(19-35,12-4-14-29)27-32-23-7-3-2-6-22(23)25(36)33-27/h2-3,6-9,18,20H,4-5,10-17,19H2,1H3,(H,30,37)(H,32,33,36). The molecule has 1 aromatic carbocycles. The lowest BCUT2D eigenvalue weighted by atomic mass is 9.74. The van der Waals surface area contributed by atoms with E-state index in [4.69, 9.17) is 4.98 Å². The molecular weight excluding hydrogens is 579 g/mol. The van der Waals surface area contributed by atoms with E-state index in [1.807, 2.05) is 36.5 Å². The van der Waals surface area contributed by atoms with Crippen LogP contribution in [-0.4, -0.2) is 69.5 Å². The summed E-state index contributed by atoms with van der Waals surface area (Å²) in [6.07, 6.45) is 8.30. The first kappa shape index (κ1) is 26.1. The SMILES string of the molecule is CNC(=O)c1ccc(N2CCC(N3CCCC(CCCI)(c4nc5ccccc5c(=O)[nH]4)C3)CC2)cn1. The molecule has 0 aliphatic carbocycles. The van der Waals surface area contributed by atoms with E-state index in [2.05, 4.69) is 47.7 Å². The van der Waals surface area contributed by atoms with Crippen LogP contribution in [0, 0.1) is 0 Å². The number of carbonyl (C=O) groups is 1. The van der Waals surface area contributed by atoms with Crippen molar-refractivity contribution < 1.29 is 4.79 Å². The summed E-state index contributed by atoms with van der Waals surface area (Å²) < 4.78 is 1.10. The van der Waals surface area contributed by atoms with Gasteiger partial charge >= 0.3 is 0 Å². The molecule has 0 bridgehead atoms. The van der Waals surface area contributed by atoms with E-state index >= 15 is 0 Å². The molecule has 2 aliphatic heterocycles. The normalized spacial score (nSPS) is 21.3. The van der Waals surface area contributed by atoms with Gasteiger partial charge in [0.25, 0.3) is 11.5 Å². The summed E-state index contributed by atoms with van der Waals surface area (Å²) in [4.78, 5) is 42.3. The number of rotatable bonds is 7. The number of H-pyrrole nitrogens is 1. The second kappa shape index (κ2) is 11.5. The van der Waals surface area contributed by atoms with Crippen LogP contribution in [0.1, 0.15) is 54.8 Å². The quantitative estimate of drug-likeness (QED) is 0.310. The van der Waals surface area contributed by atoms with Crippen molar-refractivity contribution in [1.29, 1.82) is 0 Å². The number of nitrogens with one attached hydrogen (secondary N) is 2. The Kier molecular flexibility index (Phi) is 8.09. The van der Waals surface area contributed by atoms with E-state index in [0.29, 0.717) is 17.1 Å². The number of piperidine rings is 2. The van der Waals surface area contributed by atoms with Crippen LogP contribution in [0.2, 0.25) is 0 Å². The number of fused-ring (bicyclic) bond motifs is 1. The topological polar surface area (TPSA) is 94.2 Å². The van der Waals surface area contributed by atoms with E-state index in [1.165, 1.54) is 0 Å². The molecule has 5 rings (SSSR count). The Morgan fingerprint density at radius 1 is 1.19 bits per heavy atom. The van der Waals surface area contributed by atoms with Crippen LogP contribution in [0.3, 0.4) is 0 Å². The summed E-state index contributed by atoms with van der Waals surface area (Å²) >= 11 is 2.46. The molecule has 2 aromatic heterocycles. The number of likely N-dealkylation sites (tertiary alicyclic amines) is 1. The van der Waals surface area contributed by atoms with Crippen LogP contribution < -0.4 is 15.8 Å². The van der Waals surface area contributed by atoms with Gasteiger partial charge in [0, 0.05) is 38.1 Å². The van der Waals surface area contributed by atoms with Crippen molar-refractivity contribution in [3.63, 3.8) is 0 Å². The number of amides is 1. The maximum absolute atomic E-state index is 12.9. The Balaban J connectivity index is 1.31. The van der Waals surface area contributed by atoms with Crippen molar-refractivity contribution in [1.82, 2.24) is 25.2 Å². The summed E-state index contributed by atoms with van der Waals surface area (Å²) in [5.74, 6) is 0.703. The molecule has 3 aromatic rings. The maximum atomic E-state index is 12.9. The van der Waals surface area contributed by atoms with Gasteiger partial charge in [0.15, 0.2) is 0 Å². The first-order valence-corrected chi connectivity index (χ1v) is 14.8. The molecule has 0 spiro atoms. The van der Waals surface area contributed by atoms with Gasteiger partial charge in [0.1, 0.15) is 11.5 Å². The monoisotopic (exact) mass is 614 g/mol. The molecule has 0 radical (unpaired) electrons. The number of aromatic amines is 1. The third kappa shape index (κ3) is 5.52. The van der Waals surface area contributed by atoms with Gasteiger partial charge in [-0.3, -0.25) is 14.5 Å². The maximum Gasteiger partial charge on any atom is 0.269 e. The zero-order valence-corrected chi connectivity index (χ0v) is 23.5. The molecule has 1 amide bonds. The van der Waals surface area contributed by atoms with E-state index in [-0.39, 0.29) is 16.9 Å². The number of pyridine rings is 1. The molecule has 1 unspecified atom stereocenters. The van der Waals surface area contributed by atoms with Crippen molar-refractivity contribution in [2.45, 2.75) is 50.0 Å². The number of hydrogen-bond acceptors (Lipinski definition) is 6. The highest BCUT2D eigenvalue weighted by atomic mass is 127. The summed E-state index contributed by atoms with van der Waals surface area (Å²) in [6.45, 7) is 3.97. The van der Waals surface area contributed by atoms with Crippen molar-refractivity contribution >= 4 is 45.1 Å². The fourth-order valence-corrected chi connectivity index (χ4v) is 6.44. The summed E-state index contributed by atoms with van der Waals surface area (Å²) in [6, 6.07) is 12.0. The highest BCUT2D eigenvalue weighted by Crippen LogP contribution is 2.38. The van der Waals surface area contributed by atoms with Gasteiger partial charge in [0.05, 0.1) is 22.8 Å². The lowest BCUT2D eigenvalue weighted by Crippen LogP contribution is -2.54. The van der Waals surface area contributed by atoms with Gasteiger partial charge < -0.3 is 15.2 Å². The minimum atomic E-state index is -0.163. The summed E-state index contributed by atoms with van der Waals surface area (Å²) in [7, 11) is 1.62. The Morgan fingerprint density at radius 2 is 2.00 bits per heavy atom. The highest BCUT2D eigenvalue weighted by Gasteiger charge is 2.41. The molecule has 1 atom stereocenters. The predicted molar refractivity (Wildman–Crippen MR) is 156 cm³/mol. The summed E-state index contributed by atoms with van der Waals surface area (Å²) in [5.41, 5.74) is 2.15. The second-order valence-corrected chi connectivity index (χ2v) is 11.4. The molecule has 9 heteroatoms. The number of nitrogens with zero attached hydrogens (tertiary/aromatic N) is 4. The van der Waals surface area contributed by atoms with E-state index in [1.54, 1.807) is 13.1 Å². The molecular formula is C28H35IN6O2. The van der Waals surface area contributed by atoms with Crippen molar-refractivity contribution in [2.24, 2.45) is 0 Å². The average molecular weight is 615 g/mol. The lowest BCUT2D eigenvalue weighted by Gasteiger charge is -2.47. The van der Waals surface area contributed by atoms with E-state index < -0.39 is 0 Å². The number of benzene rings is 1. The minimum absolute atomic E-state index is 0.0315. The van der Waals surface area contributed by atoms with Crippen molar-refractivity contribution in [3.8, 4) is 0 Å². The van der Waals surface area contributed by atoms with E-state index in [0.717, 1.165) is 86.2 Å². The second-order valence-electron chi connectivity index (χ2n) is 10.3. The molecule has 2 aliphatic rings. The third-order valence-electron chi connectivity index (χ3n) is 8.06. The highest BCUT2D eigenvalue weighted by molar-refractivity contribution is 14.1. The number of carbonyl (C=O) groups excluding carboxylic acids is 1.